The van der Waals surface area contributed by atoms with Crippen molar-refractivity contribution in [3.63, 3.8) is 0 Å². The number of H-pyrrole nitrogens is 1. The molecule has 28 heavy (non-hydrogen) atoms. The van der Waals surface area contributed by atoms with E-state index in [2.05, 4.69) is 9.97 Å². The highest BCUT2D eigenvalue weighted by Gasteiger charge is 2.15. The van der Waals surface area contributed by atoms with Gasteiger partial charge in [0.2, 0.25) is 0 Å². The average molecular weight is 373 g/mol. The van der Waals surface area contributed by atoms with Gasteiger partial charge in [0.25, 0.3) is 0 Å². The van der Waals surface area contributed by atoms with E-state index in [0.29, 0.717) is 17.9 Å². The van der Waals surface area contributed by atoms with Gasteiger partial charge in [-0.1, -0.05) is 18.2 Å². The molecular weight excluding hydrogens is 357 g/mol. The number of carbonyl (C=O) groups is 1. The summed E-state index contributed by atoms with van der Waals surface area (Å²) in [6.07, 6.45) is 2.20. The summed E-state index contributed by atoms with van der Waals surface area (Å²) in [5, 5.41) is 9.02. The Kier molecular flexibility index (Phi) is 4.68. The summed E-state index contributed by atoms with van der Waals surface area (Å²) in [6.45, 7) is 0. The van der Waals surface area contributed by atoms with Crippen LogP contribution in [0.2, 0.25) is 0 Å². The second kappa shape index (κ2) is 7.44. The van der Waals surface area contributed by atoms with Gasteiger partial charge in [-0.25, -0.2) is 14.2 Å². The normalized spacial score (nSPS) is 10.8. The van der Waals surface area contributed by atoms with Gasteiger partial charge in [0.1, 0.15) is 11.6 Å². The number of halogens is 1. The van der Waals surface area contributed by atoms with E-state index in [1.54, 1.807) is 42.6 Å². The lowest BCUT2D eigenvalue weighted by atomic mass is 10.1. The number of rotatable bonds is 5. The van der Waals surface area contributed by atoms with Crippen LogP contribution in [0.15, 0.2) is 72.9 Å². The van der Waals surface area contributed by atoms with Crippen LogP contribution in [-0.4, -0.2) is 26.0 Å². The Balaban J connectivity index is 1.72. The Labute approximate surface area is 160 Å². The first-order chi connectivity index (χ1) is 13.6. The predicted molar refractivity (Wildman–Crippen MR) is 103 cm³/mol. The molecule has 0 amide bonds. The van der Waals surface area contributed by atoms with Gasteiger partial charge >= 0.3 is 5.97 Å². The topological polar surface area (TPSA) is 78.9 Å². The number of carboxylic acid groups (broad SMARTS) is 1. The molecule has 0 radical (unpaired) electrons. The fraction of sp³-hybridized carbons (Fsp3) is 0.0455. The molecule has 0 aliphatic rings. The van der Waals surface area contributed by atoms with E-state index in [4.69, 9.17) is 10.1 Å². The Bertz CT molecular complexity index is 1100. The Morgan fingerprint density at radius 2 is 1.75 bits per heavy atom. The number of hydrogen-bond acceptors (Lipinski definition) is 3. The smallest absolute Gasteiger partial charge is 0.335 e. The van der Waals surface area contributed by atoms with Crippen LogP contribution in [-0.2, 0) is 6.42 Å². The second-order valence-corrected chi connectivity index (χ2v) is 6.31. The molecule has 0 unspecified atom stereocenters. The van der Waals surface area contributed by atoms with E-state index >= 15 is 0 Å². The van der Waals surface area contributed by atoms with E-state index in [9.17, 15) is 9.18 Å². The summed E-state index contributed by atoms with van der Waals surface area (Å²) in [4.78, 5) is 23.4. The quantitative estimate of drug-likeness (QED) is 0.537. The number of nitrogens with zero attached hydrogens (tertiary/aromatic N) is 2. The number of aromatic carboxylic acids is 1. The van der Waals surface area contributed by atoms with Crippen molar-refractivity contribution in [2.75, 3.05) is 0 Å². The number of benzene rings is 2. The van der Waals surface area contributed by atoms with E-state index in [1.807, 2.05) is 18.2 Å². The Hall–Kier alpha value is -3.80. The predicted octanol–water partition coefficient (Wildman–Crippen LogP) is 4.57. The van der Waals surface area contributed by atoms with Crippen molar-refractivity contribution in [1.29, 1.82) is 0 Å². The third kappa shape index (κ3) is 3.66. The monoisotopic (exact) mass is 373 g/mol. The van der Waals surface area contributed by atoms with Crippen LogP contribution >= 0.6 is 0 Å². The van der Waals surface area contributed by atoms with Crippen molar-refractivity contribution < 1.29 is 14.3 Å². The van der Waals surface area contributed by atoms with Gasteiger partial charge < -0.3 is 10.1 Å². The molecule has 0 aliphatic carbocycles. The molecule has 0 atom stereocenters. The first-order valence-electron chi connectivity index (χ1n) is 8.68. The molecule has 138 valence electrons. The molecule has 0 aliphatic heterocycles. The summed E-state index contributed by atoms with van der Waals surface area (Å²) < 4.78 is 13.3. The van der Waals surface area contributed by atoms with Gasteiger partial charge in [-0.2, -0.15) is 0 Å². The fourth-order valence-corrected chi connectivity index (χ4v) is 2.98. The van der Waals surface area contributed by atoms with Crippen molar-refractivity contribution >= 4 is 5.97 Å². The number of pyridine rings is 1. The summed E-state index contributed by atoms with van der Waals surface area (Å²) in [5.74, 6) is -0.555. The highest BCUT2D eigenvalue weighted by Crippen LogP contribution is 2.29. The number of imidazole rings is 1. The summed E-state index contributed by atoms with van der Waals surface area (Å²) in [6, 6.07) is 18.5. The molecule has 0 saturated heterocycles. The third-order valence-corrected chi connectivity index (χ3v) is 4.36. The lowest BCUT2D eigenvalue weighted by molar-refractivity contribution is 0.0697. The molecule has 2 N–H and O–H groups in total. The van der Waals surface area contributed by atoms with Crippen LogP contribution < -0.4 is 0 Å². The minimum absolute atomic E-state index is 0.240. The number of aromatic amines is 1. The zero-order chi connectivity index (χ0) is 19.5. The molecule has 6 heteroatoms. The SMILES string of the molecule is O=C(O)c1ccc(Cc2nc(-c3ccc(F)cc3)c(-c3ccccn3)[nH]2)cc1. The van der Waals surface area contributed by atoms with E-state index in [-0.39, 0.29) is 11.4 Å². The second-order valence-electron chi connectivity index (χ2n) is 6.31. The van der Waals surface area contributed by atoms with Gasteiger partial charge in [-0.05, 0) is 54.1 Å². The maximum atomic E-state index is 13.3. The molecule has 2 aromatic carbocycles. The molecule has 0 bridgehead atoms. The number of aromatic nitrogens is 3. The van der Waals surface area contributed by atoms with Crippen molar-refractivity contribution in [3.8, 4) is 22.6 Å². The zero-order valence-electron chi connectivity index (χ0n) is 14.8. The fourth-order valence-electron chi connectivity index (χ4n) is 2.98. The van der Waals surface area contributed by atoms with Crippen LogP contribution in [0.3, 0.4) is 0 Å². The van der Waals surface area contributed by atoms with Crippen molar-refractivity contribution in [2.24, 2.45) is 0 Å². The molecular formula is C22H16FN3O2. The van der Waals surface area contributed by atoms with Gasteiger partial charge in [0.15, 0.2) is 0 Å². The first-order valence-corrected chi connectivity index (χ1v) is 8.68. The van der Waals surface area contributed by atoms with Crippen LogP contribution in [0.1, 0.15) is 21.7 Å². The molecule has 0 fully saturated rings. The molecule has 5 nitrogen and oxygen atoms in total. The van der Waals surface area contributed by atoms with E-state index < -0.39 is 5.97 Å². The molecule has 0 saturated carbocycles. The van der Waals surface area contributed by atoms with Crippen molar-refractivity contribution in [3.05, 3.63) is 95.7 Å². The van der Waals surface area contributed by atoms with Gasteiger partial charge in [-0.3, -0.25) is 4.98 Å². The standard InChI is InChI=1S/C22H16FN3O2/c23-17-10-8-15(9-11-17)20-21(18-3-1-2-12-24-18)26-19(25-20)13-14-4-6-16(7-5-14)22(27)28/h1-12H,13H2,(H,25,26)(H,27,28). The summed E-state index contributed by atoms with van der Waals surface area (Å²) >= 11 is 0. The Morgan fingerprint density at radius 1 is 1.00 bits per heavy atom. The summed E-state index contributed by atoms with van der Waals surface area (Å²) in [7, 11) is 0. The molecule has 2 heterocycles. The Morgan fingerprint density at radius 3 is 2.39 bits per heavy atom. The lowest BCUT2D eigenvalue weighted by Crippen LogP contribution is -1.97. The van der Waals surface area contributed by atoms with Crippen LogP contribution in [0.25, 0.3) is 22.6 Å². The molecule has 0 spiro atoms. The first kappa shape index (κ1) is 17.6. The number of carboxylic acids is 1. The lowest BCUT2D eigenvalue weighted by Gasteiger charge is -2.02. The van der Waals surface area contributed by atoms with Gasteiger partial charge in [0, 0.05) is 18.2 Å². The van der Waals surface area contributed by atoms with Gasteiger partial charge in [0.05, 0.1) is 22.6 Å². The molecule has 4 aromatic rings. The van der Waals surface area contributed by atoms with E-state index in [1.165, 1.54) is 12.1 Å². The van der Waals surface area contributed by atoms with Crippen LogP contribution in [0.4, 0.5) is 4.39 Å². The van der Waals surface area contributed by atoms with Gasteiger partial charge in [-0.15, -0.1) is 0 Å². The third-order valence-electron chi connectivity index (χ3n) is 4.36. The van der Waals surface area contributed by atoms with Crippen molar-refractivity contribution in [1.82, 2.24) is 15.0 Å². The average Bonchev–Trinajstić information content (AvgIpc) is 3.13. The largest absolute Gasteiger partial charge is 0.478 e. The molecule has 2 aromatic heterocycles. The highest BCUT2D eigenvalue weighted by atomic mass is 19.1. The summed E-state index contributed by atoms with van der Waals surface area (Å²) in [5.41, 5.74) is 4.13. The number of nitrogens with one attached hydrogen (secondary N) is 1. The van der Waals surface area contributed by atoms with E-state index in [0.717, 1.165) is 22.5 Å². The zero-order valence-corrected chi connectivity index (χ0v) is 14.8. The van der Waals surface area contributed by atoms with Crippen molar-refractivity contribution in [2.45, 2.75) is 6.42 Å². The minimum atomic E-state index is -0.958. The number of hydrogen-bond donors (Lipinski definition) is 2. The van der Waals surface area contributed by atoms with Crippen LogP contribution in [0, 0.1) is 5.82 Å². The molecule has 4 rings (SSSR count). The highest BCUT2D eigenvalue weighted by molar-refractivity contribution is 5.87. The maximum absolute atomic E-state index is 13.3. The van der Waals surface area contributed by atoms with Crippen LogP contribution in [0.5, 0.6) is 0 Å². The maximum Gasteiger partial charge on any atom is 0.335 e. The minimum Gasteiger partial charge on any atom is -0.478 e.